The molecule has 0 amide bonds. The Kier molecular flexibility index (Phi) is 4.99. The van der Waals surface area contributed by atoms with E-state index in [2.05, 4.69) is 39.6 Å². The summed E-state index contributed by atoms with van der Waals surface area (Å²) in [5.41, 5.74) is -0.212. The van der Waals surface area contributed by atoms with Gasteiger partial charge in [0, 0.05) is 12.0 Å². The van der Waals surface area contributed by atoms with Crippen molar-refractivity contribution in [3.8, 4) is 0 Å². The van der Waals surface area contributed by atoms with Crippen molar-refractivity contribution in [3.63, 3.8) is 0 Å². The van der Waals surface area contributed by atoms with Gasteiger partial charge in [0.2, 0.25) is 0 Å². The molecule has 0 bridgehead atoms. The van der Waals surface area contributed by atoms with Gasteiger partial charge in [0.15, 0.2) is 5.78 Å². The van der Waals surface area contributed by atoms with Gasteiger partial charge >= 0.3 is 0 Å². The SMILES string of the molecule is CC(C)C(=O)C1(N(C)C(C)C)CCCC1C(C)C. The van der Waals surface area contributed by atoms with E-state index in [1.165, 1.54) is 12.8 Å². The van der Waals surface area contributed by atoms with Gasteiger partial charge in [-0.25, -0.2) is 0 Å². The molecule has 1 aliphatic carbocycles. The third-order valence-electron chi connectivity index (χ3n) is 4.85. The Morgan fingerprint density at radius 2 is 1.72 bits per heavy atom. The lowest BCUT2D eigenvalue weighted by Gasteiger charge is -2.47. The molecule has 0 radical (unpaired) electrons. The van der Waals surface area contributed by atoms with Crippen molar-refractivity contribution < 1.29 is 4.79 Å². The van der Waals surface area contributed by atoms with Crippen LogP contribution in [0.1, 0.15) is 60.8 Å². The Hall–Kier alpha value is -0.370. The second-order valence-electron chi connectivity index (χ2n) is 6.89. The van der Waals surface area contributed by atoms with Gasteiger partial charge in [-0.2, -0.15) is 0 Å². The highest BCUT2D eigenvalue weighted by Gasteiger charge is 2.53. The van der Waals surface area contributed by atoms with E-state index in [0.29, 0.717) is 23.7 Å². The Labute approximate surface area is 113 Å². The molecule has 0 saturated heterocycles. The summed E-state index contributed by atoms with van der Waals surface area (Å²) < 4.78 is 0. The minimum atomic E-state index is -0.212. The van der Waals surface area contributed by atoms with E-state index in [1.54, 1.807) is 0 Å². The van der Waals surface area contributed by atoms with Gasteiger partial charge in [-0.1, -0.05) is 34.1 Å². The molecule has 1 fully saturated rings. The van der Waals surface area contributed by atoms with Crippen LogP contribution >= 0.6 is 0 Å². The largest absolute Gasteiger partial charge is 0.297 e. The molecule has 1 aliphatic rings. The number of hydrogen-bond donors (Lipinski definition) is 0. The number of likely N-dealkylation sites (N-methyl/N-ethyl adjacent to an activating group) is 1. The topological polar surface area (TPSA) is 20.3 Å². The van der Waals surface area contributed by atoms with E-state index in [-0.39, 0.29) is 11.5 Å². The van der Waals surface area contributed by atoms with E-state index < -0.39 is 0 Å². The Balaban J connectivity index is 3.20. The average Bonchev–Trinajstić information content (AvgIpc) is 2.71. The molecule has 0 aromatic carbocycles. The number of Topliss-reactive ketones (excluding diaryl/α,β-unsaturated/α-hetero) is 1. The number of carbonyl (C=O) groups excluding carboxylic acids is 1. The number of rotatable bonds is 5. The molecule has 0 aromatic rings. The fourth-order valence-electron chi connectivity index (χ4n) is 3.78. The second kappa shape index (κ2) is 5.73. The monoisotopic (exact) mass is 253 g/mol. The molecule has 2 atom stereocenters. The van der Waals surface area contributed by atoms with E-state index >= 15 is 0 Å². The lowest BCUT2D eigenvalue weighted by molar-refractivity contribution is -0.139. The number of nitrogens with zero attached hydrogens (tertiary/aromatic N) is 1. The first-order valence-corrected chi connectivity index (χ1v) is 7.52. The minimum absolute atomic E-state index is 0.130. The predicted octanol–water partition coefficient (Wildman–Crippen LogP) is 3.75. The van der Waals surface area contributed by atoms with E-state index in [1.807, 2.05) is 13.8 Å². The first-order chi connectivity index (χ1) is 8.25. The van der Waals surface area contributed by atoms with Crippen molar-refractivity contribution in [2.45, 2.75) is 72.4 Å². The van der Waals surface area contributed by atoms with Crippen molar-refractivity contribution in [1.82, 2.24) is 4.90 Å². The van der Waals surface area contributed by atoms with Crippen LogP contribution in [-0.4, -0.2) is 29.3 Å². The number of carbonyl (C=O) groups is 1. The van der Waals surface area contributed by atoms with Crippen molar-refractivity contribution in [2.24, 2.45) is 17.8 Å². The molecule has 0 spiro atoms. The van der Waals surface area contributed by atoms with Crippen molar-refractivity contribution in [2.75, 3.05) is 7.05 Å². The molecule has 0 aromatic heterocycles. The lowest BCUT2D eigenvalue weighted by atomic mass is 9.72. The summed E-state index contributed by atoms with van der Waals surface area (Å²) in [5, 5.41) is 0. The molecule has 106 valence electrons. The van der Waals surface area contributed by atoms with Gasteiger partial charge in [0.1, 0.15) is 0 Å². The Bertz CT molecular complexity index is 295. The van der Waals surface area contributed by atoms with Crippen molar-refractivity contribution in [1.29, 1.82) is 0 Å². The summed E-state index contributed by atoms with van der Waals surface area (Å²) in [4.78, 5) is 15.2. The summed E-state index contributed by atoms with van der Waals surface area (Å²) in [5.74, 6) is 1.68. The number of hydrogen-bond acceptors (Lipinski definition) is 2. The smallest absolute Gasteiger partial charge is 0.155 e. The van der Waals surface area contributed by atoms with Gasteiger partial charge in [0.05, 0.1) is 5.54 Å². The maximum absolute atomic E-state index is 12.9. The van der Waals surface area contributed by atoms with Gasteiger partial charge in [0.25, 0.3) is 0 Å². The summed E-state index contributed by atoms with van der Waals surface area (Å²) >= 11 is 0. The van der Waals surface area contributed by atoms with Crippen LogP contribution < -0.4 is 0 Å². The average molecular weight is 253 g/mol. The maximum Gasteiger partial charge on any atom is 0.155 e. The van der Waals surface area contributed by atoms with Gasteiger partial charge < -0.3 is 0 Å². The summed E-state index contributed by atoms with van der Waals surface area (Å²) in [7, 11) is 2.14. The Morgan fingerprint density at radius 3 is 2.11 bits per heavy atom. The predicted molar refractivity (Wildman–Crippen MR) is 77.7 cm³/mol. The normalized spacial score (nSPS) is 28.9. The van der Waals surface area contributed by atoms with Gasteiger partial charge in [-0.05, 0) is 45.6 Å². The van der Waals surface area contributed by atoms with Crippen LogP contribution in [0.2, 0.25) is 0 Å². The zero-order valence-electron chi connectivity index (χ0n) is 13.3. The number of ketones is 1. The fraction of sp³-hybridized carbons (Fsp3) is 0.938. The van der Waals surface area contributed by atoms with Crippen LogP contribution in [0.3, 0.4) is 0 Å². The second-order valence-corrected chi connectivity index (χ2v) is 6.89. The highest BCUT2D eigenvalue weighted by molar-refractivity contribution is 5.90. The molecule has 1 saturated carbocycles. The maximum atomic E-state index is 12.9. The quantitative estimate of drug-likeness (QED) is 0.744. The zero-order chi connectivity index (χ0) is 14.1. The van der Waals surface area contributed by atoms with Crippen LogP contribution in [-0.2, 0) is 4.79 Å². The van der Waals surface area contributed by atoms with Crippen LogP contribution in [0.15, 0.2) is 0 Å². The first-order valence-electron chi connectivity index (χ1n) is 7.52. The summed E-state index contributed by atoms with van der Waals surface area (Å²) in [6.45, 7) is 13.0. The van der Waals surface area contributed by atoms with Crippen molar-refractivity contribution >= 4 is 5.78 Å². The lowest BCUT2D eigenvalue weighted by Crippen LogP contribution is -2.60. The molecule has 1 rings (SSSR count). The third-order valence-corrected chi connectivity index (χ3v) is 4.85. The van der Waals surface area contributed by atoms with Gasteiger partial charge in [-0.15, -0.1) is 0 Å². The van der Waals surface area contributed by atoms with Gasteiger partial charge in [-0.3, -0.25) is 9.69 Å². The zero-order valence-corrected chi connectivity index (χ0v) is 13.3. The molecule has 0 heterocycles. The van der Waals surface area contributed by atoms with Crippen LogP contribution in [0, 0.1) is 17.8 Å². The van der Waals surface area contributed by atoms with Crippen LogP contribution in [0.4, 0.5) is 0 Å². The van der Waals surface area contributed by atoms with Crippen LogP contribution in [0.5, 0.6) is 0 Å². The van der Waals surface area contributed by atoms with E-state index in [0.717, 1.165) is 6.42 Å². The summed E-state index contributed by atoms with van der Waals surface area (Å²) in [6, 6.07) is 0.423. The van der Waals surface area contributed by atoms with Crippen molar-refractivity contribution in [3.05, 3.63) is 0 Å². The molecular formula is C16H31NO. The highest BCUT2D eigenvalue weighted by Crippen LogP contribution is 2.46. The van der Waals surface area contributed by atoms with Crippen LogP contribution in [0.25, 0.3) is 0 Å². The molecular weight excluding hydrogens is 222 g/mol. The molecule has 2 nitrogen and oxygen atoms in total. The third kappa shape index (κ3) is 2.49. The molecule has 2 heteroatoms. The standard InChI is InChI=1S/C16H31NO/c1-11(2)14-9-8-10-16(14,15(18)12(3)4)17(7)13(5)6/h11-14H,8-10H2,1-7H3. The molecule has 0 N–H and O–H groups in total. The first kappa shape index (κ1) is 15.7. The molecule has 18 heavy (non-hydrogen) atoms. The van der Waals surface area contributed by atoms with E-state index in [9.17, 15) is 4.79 Å². The molecule has 2 unspecified atom stereocenters. The summed E-state index contributed by atoms with van der Waals surface area (Å²) in [6.07, 6.45) is 3.44. The van der Waals surface area contributed by atoms with E-state index in [4.69, 9.17) is 0 Å². The highest BCUT2D eigenvalue weighted by atomic mass is 16.1. The molecule has 0 aliphatic heterocycles. The Morgan fingerprint density at radius 1 is 1.17 bits per heavy atom. The fourth-order valence-corrected chi connectivity index (χ4v) is 3.78. The minimum Gasteiger partial charge on any atom is -0.297 e.